The Balaban J connectivity index is 0.00000240. The monoisotopic (exact) mass is 707 g/mol. The van der Waals surface area contributed by atoms with Gasteiger partial charge in [-0.3, -0.25) is 5.32 Å². The quantitative estimate of drug-likeness (QED) is 0.201. The van der Waals surface area contributed by atoms with Crippen LogP contribution in [0.5, 0.6) is 0 Å². The van der Waals surface area contributed by atoms with Gasteiger partial charge >= 0.3 is 12.3 Å². The molecule has 1 aromatic carbocycles. The van der Waals surface area contributed by atoms with Crippen LogP contribution in [0.3, 0.4) is 0 Å². The minimum Gasteiger partial charge on any atom is -0.365 e. The number of rotatable bonds is 7. The second-order valence-electron chi connectivity index (χ2n) is 12.0. The fourth-order valence-electron chi connectivity index (χ4n) is 6.31. The number of anilines is 3. The molecule has 5 N–H and O–H groups in total. The van der Waals surface area contributed by atoms with Gasteiger partial charge in [0.15, 0.2) is 17.0 Å². The Morgan fingerprint density at radius 2 is 1.63 bits per heavy atom. The number of alkyl halides is 3. The number of nitrogens with zero attached hydrogens (tertiary/aromatic N) is 5. The Bertz CT molecular complexity index is 1470. The zero-order valence-electron chi connectivity index (χ0n) is 25.1. The van der Waals surface area contributed by atoms with Crippen LogP contribution in [-0.2, 0) is 11.0 Å². The van der Waals surface area contributed by atoms with Crippen LogP contribution in [0.1, 0.15) is 75.8 Å². The number of nitrogens with one attached hydrogen (secondary N) is 3. The molecule has 1 saturated heterocycles. The van der Waals surface area contributed by atoms with Crippen molar-refractivity contribution >= 4 is 71.1 Å². The summed E-state index contributed by atoms with van der Waals surface area (Å²) in [5.74, 6) is 1.24. The Hall–Kier alpha value is -2.78. The van der Waals surface area contributed by atoms with Crippen molar-refractivity contribution in [3.05, 3.63) is 35.1 Å². The summed E-state index contributed by atoms with van der Waals surface area (Å²) < 4.78 is 41.4. The number of carbonyl (C=O) groups excluding carboxylic acids is 1. The number of piperidine rings is 1. The molecule has 2 aliphatic carbocycles. The molecule has 46 heavy (non-hydrogen) atoms. The molecule has 3 fully saturated rings. The van der Waals surface area contributed by atoms with E-state index in [2.05, 4.69) is 20.5 Å². The maximum Gasteiger partial charge on any atom is 0.430 e. The average molecular weight is 709 g/mol. The lowest BCUT2D eigenvalue weighted by Gasteiger charge is -2.31. The summed E-state index contributed by atoms with van der Waals surface area (Å²) in [6, 6.07) is 3.64. The third kappa shape index (κ3) is 8.57. The van der Waals surface area contributed by atoms with E-state index in [4.69, 9.17) is 37.1 Å². The molecule has 3 heterocycles. The molecule has 3 aromatic rings. The van der Waals surface area contributed by atoms with Crippen LogP contribution in [-0.4, -0.2) is 61.9 Å². The summed E-state index contributed by atoms with van der Waals surface area (Å²) in [4.78, 5) is 32.3. The number of aromatic nitrogens is 4. The fourth-order valence-corrected chi connectivity index (χ4v) is 6.47. The van der Waals surface area contributed by atoms with Crippen LogP contribution in [0, 0.1) is 0 Å². The molecule has 0 atom stereocenters. The van der Waals surface area contributed by atoms with E-state index in [0.717, 1.165) is 67.9 Å². The third-order valence-corrected chi connectivity index (χ3v) is 9.11. The Morgan fingerprint density at radius 1 is 0.957 bits per heavy atom. The topological polar surface area (TPSA) is 135 Å². The number of hydrogen-bond donors (Lipinski definition) is 4. The number of halogens is 6. The normalized spacial score (nSPS) is 21.3. The number of benzene rings is 1. The molecule has 1 amide bonds. The molecule has 2 aromatic heterocycles. The molecule has 0 spiro atoms. The van der Waals surface area contributed by atoms with Gasteiger partial charge in [0.1, 0.15) is 0 Å². The summed E-state index contributed by atoms with van der Waals surface area (Å²) in [5.41, 5.74) is 6.56. The smallest absolute Gasteiger partial charge is 0.365 e. The minimum atomic E-state index is -4.56. The van der Waals surface area contributed by atoms with Crippen LogP contribution in [0.15, 0.2) is 24.5 Å². The van der Waals surface area contributed by atoms with Gasteiger partial charge in [0.2, 0.25) is 5.95 Å². The van der Waals surface area contributed by atoms with Crippen molar-refractivity contribution in [3.63, 3.8) is 0 Å². The van der Waals surface area contributed by atoms with Crippen molar-refractivity contribution in [2.75, 3.05) is 29.0 Å². The lowest BCUT2D eigenvalue weighted by Crippen LogP contribution is -2.41. The van der Waals surface area contributed by atoms with E-state index in [1.807, 2.05) is 6.33 Å². The van der Waals surface area contributed by atoms with E-state index in [1.165, 1.54) is 17.9 Å². The first-order chi connectivity index (χ1) is 21.1. The van der Waals surface area contributed by atoms with Crippen molar-refractivity contribution in [2.24, 2.45) is 5.73 Å². The molecule has 254 valence electrons. The molecule has 11 nitrogen and oxygen atoms in total. The first kappa shape index (κ1) is 36.1. The van der Waals surface area contributed by atoms with Crippen molar-refractivity contribution in [3.8, 4) is 0 Å². The molecule has 0 bridgehead atoms. The van der Waals surface area contributed by atoms with Crippen molar-refractivity contribution in [2.45, 2.75) is 94.6 Å². The lowest BCUT2D eigenvalue weighted by molar-refractivity contribution is -0.137. The zero-order valence-corrected chi connectivity index (χ0v) is 27.5. The van der Waals surface area contributed by atoms with Crippen LogP contribution >= 0.6 is 36.4 Å². The number of fused-ring (bicyclic) bond motifs is 1. The maximum atomic E-state index is 13.1. The molecule has 2 saturated carbocycles. The van der Waals surface area contributed by atoms with Crippen molar-refractivity contribution in [1.29, 1.82) is 0 Å². The van der Waals surface area contributed by atoms with Gasteiger partial charge in [0.05, 0.1) is 22.6 Å². The summed E-state index contributed by atoms with van der Waals surface area (Å²) in [7, 11) is 0. The highest BCUT2D eigenvalue weighted by molar-refractivity contribution is 6.33. The first-order valence-corrected chi connectivity index (χ1v) is 15.6. The van der Waals surface area contributed by atoms with E-state index in [9.17, 15) is 18.0 Å². The molecule has 3 aliphatic rings. The number of hydroxylamine groups is 2. The van der Waals surface area contributed by atoms with Gasteiger partial charge in [0.25, 0.3) is 0 Å². The third-order valence-electron chi connectivity index (χ3n) is 8.78. The van der Waals surface area contributed by atoms with E-state index in [0.29, 0.717) is 43.7 Å². The van der Waals surface area contributed by atoms with Crippen LogP contribution in [0.2, 0.25) is 5.02 Å². The summed E-state index contributed by atoms with van der Waals surface area (Å²) in [6.45, 7) is 0.833. The van der Waals surface area contributed by atoms with Crippen LogP contribution in [0.25, 0.3) is 11.2 Å². The van der Waals surface area contributed by atoms with Gasteiger partial charge < -0.3 is 25.8 Å². The molecule has 6 rings (SSSR count). The zero-order chi connectivity index (χ0) is 30.8. The molecular formula is C29H39Cl3F3N9O2. The van der Waals surface area contributed by atoms with Gasteiger partial charge in [0, 0.05) is 37.3 Å². The van der Waals surface area contributed by atoms with Gasteiger partial charge in [-0.1, -0.05) is 24.4 Å². The number of amides is 1. The molecule has 0 unspecified atom stereocenters. The van der Waals surface area contributed by atoms with E-state index >= 15 is 0 Å². The van der Waals surface area contributed by atoms with Gasteiger partial charge in [-0.2, -0.15) is 23.1 Å². The highest BCUT2D eigenvalue weighted by Crippen LogP contribution is 2.35. The predicted molar refractivity (Wildman–Crippen MR) is 176 cm³/mol. The summed E-state index contributed by atoms with van der Waals surface area (Å²) in [6.07, 6.45) is 6.14. The van der Waals surface area contributed by atoms with E-state index in [-0.39, 0.29) is 53.6 Å². The van der Waals surface area contributed by atoms with Crippen LogP contribution in [0.4, 0.5) is 35.4 Å². The van der Waals surface area contributed by atoms with E-state index in [1.54, 1.807) is 0 Å². The van der Waals surface area contributed by atoms with Gasteiger partial charge in [-0.25, -0.2) is 9.78 Å². The highest BCUT2D eigenvalue weighted by atomic mass is 35.5. The average Bonchev–Trinajstić information content (AvgIpc) is 3.66. The SMILES string of the molecule is Cl.Cl.NC1CCC(Nc2nc(NC3CCN(OC(=O)Nc4cc(C(F)(F)F)ccc4Cl)CC3)c3ncn(C4CCCC4)c3n2)CC1. The Morgan fingerprint density at radius 3 is 2.30 bits per heavy atom. The Kier molecular flexibility index (Phi) is 12.1. The first-order valence-electron chi connectivity index (χ1n) is 15.3. The minimum absolute atomic E-state index is 0. The number of nitrogens with two attached hydrogens (primary N) is 1. The van der Waals surface area contributed by atoms with Crippen LogP contribution < -0.4 is 21.7 Å². The second kappa shape index (κ2) is 15.4. The molecule has 0 radical (unpaired) electrons. The summed E-state index contributed by atoms with van der Waals surface area (Å²) in [5, 5.41) is 10.9. The predicted octanol–water partition coefficient (Wildman–Crippen LogP) is 7.18. The maximum absolute atomic E-state index is 13.1. The number of carbonyl (C=O) groups is 1. The summed E-state index contributed by atoms with van der Waals surface area (Å²) >= 11 is 5.99. The second-order valence-corrected chi connectivity index (χ2v) is 12.4. The molecule has 1 aliphatic heterocycles. The van der Waals surface area contributed by atoms with Crippen molar-refractivity contribution in [1.82, 2.24) is 24.6 Å². The van der Waals surface area contributed by atoms with Gasteiger partial charge in [-0.15, -0.1) is 29.9 Å². The fraction of sp³-hybridized carbons (Fsp3) is 0.586. The van der Waals surface area contributed by atoms with Crippen molar-refractivity contribution < 1.29 is 22.8 Å². The van der Waals surface area contributed by atoms with E-state index < -0.39 is 17.8 Å². The molecular weight excluding hydrogens is 670 g/mol. The Labute approximate surface area is 282 Å². The standard InChI is InChI=1S/C29H37ClF3N9O2.2ClH/c30-22-10-5-17(29(31,32)33)15-23(22)38-28(43)44-41-13-11-20(12-14-41)36-25-24-26(42(16-35-24)21-3-1-2-4-21)40-27(39-25)37-19-8-6-18(34)7-9-19;;/h5,10,15-16,18-21H,1-4,6-9,11-14,34H2,(H,38,43)(H2,36,37,39,40);2*1H. The molecule has 17 heteroatoms. The lowest BCUT2D eigenvalue weighted by atomic mass is 9.92. The highest BCUT2D eigenvalue weighted by Gasteiger charge is 2.32. The number of hydrogen-bond acceptors (Lipinski definition) is 9. The number of imidazole rings is 1. The van der Waals surface area contributed by atoms with Gasteiger partial charge in [-0.05, 0) is 69.6 Å². The largest absolute Gasteiger partial charge is 0.430 e.